The van der Waals surface area contributed by atoms with E-state index in [1.54, 1.807) is 11.6 Å². The molecule has 0 saturated carbocycles. The van der Waals surface area contributed by atoms with Gasteiger partial charge in [-0.3, -0.25) is 9.59 Å². The lowest BCUT2D eigenvalue weighted by atomic mass is 9.74. The fourth-order valence-electron chi connectivity index (χ4n) is 4.35. The number of ether oxygens (including phenoxy) is 1. The highest BCUT2D eigenvalue weighted by atomic mass is 19.4. The van der Waals surface area contributed by atoms with E-state index in [2.05, 4.69) is 0 Å². The molecule has 0 radical (unpaired) electrons. The van der Waals surface area contributed by atoms with Crippen molar-refractivity contribution in [1.29, 1.82) is 0 Å². The predicted molar refractivity (Wildman–Crippen MR) is 92.8 cm³/mol. The molecule has 9 heteroatoms. The number of aliphatic carboxylic acids is 1. The standard InChI is InChI=1S/C19H19F3N2O4/c1-23-14-3-2-12(19(20,21)22)6-11(14)7-15(23)16(25)24-8-13-9-28-5-4-18(13,10-24)17(26)27/h2-3,6-7,13H,4-5,8-10H2,1H3,(H,26,27)/t13-,18+/m0/s1. The van der Waals surface area contributed by atoms with Crippen LogP contribution >= 0.6 is 0 Å². The number of halogens is 3. The van der Waals surface area contributed by atoms with Crippen molar-refractivity contribution in [2.75, 3.05) is 26.3 Å². The molecule has 0 unspecified atom stereocenters. The summed E-state index contributed by atoms with van der Waals surface area (Å²) in [5.74, 6) is -1.63. The molecule has 1 amide bonds. The molecule has 1 N–H and O–H groups in total. The molecule has 3 heterocycles. The maximum Gasteiger partial charge on any atom is 0.416 e. The molecule has 2 fully saturated rings. The number of amides is 1. The number of benzene rings is 1. The number of alkyl halides is 3. The van der Waals surface area contributed by atoms with Crippen LogP contribution in [0.25, 0.3) is 10.9 Å². The molecule has 150 valence electrons. The number of hydrogen-bond donors (Lipinski definition) is 1. The molecule has 2 saturated heterocycles. The van der Waals surface area contributed by atoms with Gasteiger partial charge in [0.15, 0.2) is 0 Å². The van der Waals surface area contributed by atoms with Crippen LogP contribution in [0.15, 0.2) is 24.3 Å². The van der Waals surface area contributed by atoms with Crippen LogP contribution in [0.1, 0.15) is 22.5 Å². The molecule has 6 nitrogen and oxygen atoms in total. The number of aryl methyl sites for hydroxylation is 1. The third-order valence-corrected chi connectivity index (χ3v) is 6.01. The van der Waals surface area contributed by atoms with Gasteiger partial charge in [-0.15, -0.1) is 0 Å². The molecule has 0 spiro atoms. The van der Waals surface area contributed by atoms with E-state index in [-0.39, 0.29) is 37.2 Å². The van der Waals surface area contributed by atoms with Crippen molar-refractivity contribution in [2.24, 2.45) is 18.4 Å². The minimum atomic E-state index is -4.47. The second-order valence-corrected chi connectivity index (χ2v) is 7.53. The largest absolute Gasteiger partial charge is 0.481 e. The highest BCUT2D eigenvalue weighted by Gasteiger charge is 2.55. The Labute approximate surface area is 158 Å². The second-order valence-electron chi connectivity index (χ2n) is 7.53. The molecule has 0 bridgehead atoms. The fraction of sp³-hybridized carbons (Fsp3) is 0.474. The van der Waals surface area contributed by atoms with Gasteiger partial charge in [0.25, 0.3) is 5.91 Å². The van der Waals surface area contributed by atoms with Gasteiger partial charge in [0.1, 0.15) is 5.69 Å². The Bertz CT molecular complexity index is 968. The van der Waals surface area contributed by atoms with Crippen molar-refractivity contribution < 1.29 is 32.6 Å². The maximum atomic E-state index is 13.1. The molecular weight excluding hydrogens is 377 g/mol. The van der Waals surface area contributed by atoms with Gasteiger partial charge in [0, 0.05) is 43.6 Å². The molecule has 4 rings (SSSR count). The zero-order valence-corrected chi connectivity index (χ0v) is 15.1. The molecule has 28 heavy (non-hydrogen) atoms. The van der Waals surface area contributed by atoms with Crippen molar-refractivity contribution in [3.63, 3.8) is 0 Å². The van der Waals surface area contributed by atoms with Crippen LogP contribution in [-0.2, 0) is 22.8 Å². The van der Waals surface area contributed by atoms with Gasteiger partial charge >= 0.3 is 12.1 Å². The van der Waals surface area contributed by atoms with Crippen LogP contribution in [0.5, 0.6) is 0 Å². The first-order valence-electron chi connectivity index (χ1n) is 8.90. The summed E-state index contributed by atoms with van der Waals surface area (Å²) in [6.45, 7) is 0.935. The minimum absolute atomic E-state index is 0.0739. The third kappa shape index (κ3) is 2.76. The Balaban J connectivity index is 1.68. The summed E-state index contributed by atoms with van der Waals surface area (Å²) in [5.41, 5.74) is -1.07. The number of carboxylic acid groups (broad SMARTS) is 1. The SMILES string of the molecule is Cn1c(C(=O)N2C[C@H]3COCC[C@@]3(C(=O)O)C2)cc2cc(C(F)(F)F)ccc21. The number of nitrogens with zero attached hydrogens (tertiary/aromatic N) is 2. The number of hydrogen-bond acceptors (Lipinski definition) is 3. The Morgan fingerprint density at radius 1 is 1.29 bits per heavy atom. The summed E-state index contributed by atoms with van der Waals surface area (Å²) >= 11 is 0. The number of carbonyl (C=O) groups is 2. The average molecular weight is 396 g/mol. The zero-order valence-electron chi connectivity index (χ0n) is 15.1. The van der Waals surface area contributed by atoms with E-state index in [4.69, 9.17) is 4.74 Å². The van der Waals surface area contributed by atoms with Gasteiger partial charge in [-0.25, -0.2) is 0 Å². The third-order valence-electron chi connectivity index (χ3n) is 6.01. The maximum absolute atomic E-state index is 13.1. The first-order valence-corrected chi connectivity index (χ1v) is 8.90. The summed E-state index contributed by atoms with van der Waals surface area (Å²) in [4.78, 5) is 26.5. The molecule has 2 aliphatic rings. The lowest BCUT2D eigenvalue weighted by molar-refractivity contribution is -0.157. The normalized spacial score (nSPS) is 25.1. The molecule has 1 aromatic heterocycles. The molecule has 0 aliphatic carbocycles. The number of fused-ring (bicyclic) bond motifs is 2. The Morgan fingerprint density at radius 2 is 2.04 bits per heavy atom. The minimum Gasteiger partial charge on any atom is -0.481 e. The van der Waals surface area contributed by atoms with Crippen molar-refractivity contribution >= 4 is 22.8 Å². The summed E-state index contributed by atoms with van der Waals surface area (Å²) in [6, 6.07) is 4.77. The van der Waals surface area contributed by atoms with Crippen LogP contribution in [0.3, 0.4) is 0 Å². The highest BCUT2D eigenvalue weighted by molar-refractivity contribution is 5.99. The van der Waals surface area contributed by atoms with Gasteiger partial charge in [0.2, 0.25) is 0 Å². The summed E-state index contributed by atoms with van der Waals surface area (Å²) < 4.78 is 45.8. The summed E-state index contributed by atoms with van der Waals surface area (Å²) in [6.07, 6.45) is -4.13. The van der Waals surface area contributed by atoms with Crippen molar-refractivity contribution in [1.82, 2.24) is 9.47 Å². The van der Waals surface area contributed by atoms with Crippen LogP contribution in [0.2, 0.25) is 0 Å². The van der Waals surface area contributed by atoms with Gasteiger partial charge in [-0.2, -0.15) is 13.2 Å². The molecular formula is C19H19F3N2O4. The van der Waals surface area contributed by atoms with Gasteiger partial charge < -0.3 is 19.3 Å². The van der Waals surface area contributed by atoms with E-state index < -0.39 is 23.1 Å². The predicted octanol–water partition coefficient (Wildman–Crippen LogP) is 2.76. The van der Waals surface area contributed by atoms with Crippen LogP contribution in [-0.4, -0.2) is 52.8 Å². The topological polar surface area (TPSA) is 71.8 Å². The zero-order chi connectivity index (χ0) is 20.3. The molecule has 1 aromatic carbocycles. The Kier molecular flexibility index (Phi) is 4.18. The lowest BCUT2D eigenvalue weighted by Crippen LogP contribution is -2.45. The number of carbonyl (C=O) groups excluding carboxylic acids is 1. The van der Waals surface area contributed by atoms with Gasteiger partial charge in [-0.05, 0) is 30.7 Å². The highest BCUT2D eigenvalue weighted by Crippen LogP contribution is 2.43. The van der Waals surface area contributed by atoms with E-state index >= 15 is 0 Å². The number of carboxylic acids is 1. The number of likely N-dealkylation sites (tertiary alicyclic amines) is 1. The van der Waals surface area contributed by atoms with Gasteiger partial charge in [-0.1, -0.05) is 0 Å². The Hall–Kier alpha value is -2.55. The van der Waals surface area contributed by atoms with E-state index in [9.17, 15) is 27.9 Å². The summed E-state index contributed by atoms with van der Waals surface area (Å²) in [7, 11) is 1.61. The van der Waals surface area contributed by atoms with Gasteiger partial charge in [0.05, 0.1) is 17.6 Å². The van der Waals surface area contributed by atoms with Crippen LogP contribution < -0.4 is 0 Å². The molecule has 2 aromatic rings. The van der Waals surface area contributed by atoms with E-state index in [0.29, 0.717) is 23.9 Å². The first-order chi connectivity index (χ1) is 13.1. The fourth-order valence-corrected chi connectivity index (χ4v) is 4.35. The van der Waals surface area contributed by atoms with E-state index in [1.165, 1.54) is 17.0 Å². The molecule has 2 aliphatic heterocycles. The number of aromatic nitrogens is 1. The smallest absolute Gasteiger partial charge is 0.416 e. The number of rotatable bonds is 2. The van der Waals surface area contributed by atoms with E-state index in [0.717, 1.165) is 12.1 Å². The Morgan fingerprint density at radius 3 is 2.68 bits per heavy atom. The van der Waals surface area contributed by atoms with Crippen molar-refractivity contribution in [2.45, 2.75) is 12.6 Å². The lowest BCUT2D eigenvalue weighted by Gasteiger charge is -2.33. The summed E-state index contributed by atoms with van der Waals surface area (Å²) in [5, 5.41) is 10.1. The van der Waals surface area contributed by atoms with Crippen LogP contribution in [0.4, 0.5) is 13.2 Å². The van der Waals surface area contributed by atoms with Crippen molar-refractivity contribution in [3.05, 3.63) is 35.5 Å². The molecule has 2 atom stereocenters. The monoisotopic (exact) mass is 396 g/mol. The van der Waals surface area contributed by atoms with Crippen LogP contribution in [0, 0.1) is 11.3 Å². The quantitative estimate of drug-likeness (QED) is 0.848. The van der Waals surface area contributed by atoms with Crippen molar-refractivity contribution in [3.8, 4) is 0 Å². The second kappa shape index (κ2) is 6.23. The average Bonchev–Trinajstić information content (AvgIpc) is 3.19. The first kappa shape index (κ1) is 18.8. The van der Waals surface area contributed by atoms with E-state index in [1.807, 2.05) is 0 Å².